The molecule has 2 bridgehead atoms. The van der Waals surface area contributed by atoms with Crippen molar-refractivity contribution in [3.63, 3.8) is 0 Å². The Labute approximate surface area is 213 Å². The quantitative estimate of drug-likeness (QED) is 0.387. The minimum Gasteiger partial charge on any atom is -0.482 e. The molecule has 1 aromatic rings. The first-order valence-corrected chi connectivity index (χ1v) is 13.1. The molecule has 8 atom stereocenters. The van der Waals surface area contributed by atoms with E-state index >= 15 is 0 Å². The van der Waals surface area contributed by atoms with Crippen LogP contribution >= 0.6 is 0 Å². The Balaban J connectivity index is 1.22. The predicted molar refractivity (Wildman–Crippen MR) is 129 cm³/mol. The second-order valence-electron chi connectivity index (χ2n) is 11.2. The van der Waals surface area contributed by atoms with Gasteiger partial charge in [0.15, 0.2) is 18.5 Å². The summed E-state index contributed by atoms with van der Waals surface area (Å²) in [6.07, 6.45) is 2.91. The Kier molecular flexibility index (Phi) is 7.22. The van der Waals surface area contributed by atoms with Crippen LogP contribution in [0.15, 0.2) is 24.3 Å². The standard InChI is InChI=1S/C27H39NO8/c1-17-6-11-22-18(2)24(33-25-27(22)21(17)12-13-26(3,34-25)35-36-27)32-20-9-7-19(8-10-20)31-16-23(29)30-15-14-28(4)5/h7-10,17-18,21-22,24-25H,6,11-16H2,1-5H3/t17-,18-,21?,22?,24+,25-,26+,27-/m1/s1. The molecule has 1 saturated carbocycles. The first kappa shape index (κ1) is 25.7. The molecule has 6 rings (SSSR count). The summed E-state index contributed by atoms with van der Waals surface area (Å²) in [5.41, 5.74) is -0.605. The third kappa shape index (κ3) is 4.84. The Hall–Kier alpha value is -1.91. The number of likely N-dealkylation sites (N-methyl/N-ethyl adjacent to an activating group) is 1. The highest BCUT2D eigenvalue weighted by atomic mass is 17.3. The minimum absolute atomic E-state index is 0.0822. The number of esters is 1. The third-order valence-corrected chi connectivity index (χ3v) is 8.33. The Bertz CT molecular complexity index is 925. The van der Waals surface area contributed by atoms with Gasteiger partial charge in [0.2, 0.25) is 12.1 Å². The molecule has 5 fully saturated rings. The Morgan fingerprint density at radius 1 is 1.06 bits per heavy atom. The molecule has 0 aromatic heterocycles. The van der Waals surface area contributed by atoms with Crippen LogP contribution in [-0.4, -0.2) is 68.7 Å². The third-order valence-electron chi connectivity index (χ3n) is 8.33. The highest BCUT2D eigenvalue weighted by Crippen LogP contribution is 2.60. The summed E-state index contributed by atoms with van der Waals surface area (Å²) in [5.74, 6) is 1.14. The lowest BCUT2D eigenvalue weighted by Crippen LogP contribution is -2.70. The van der Waals surface area contributed by atoms with Gasteiger partial charge in [0, 0.05) is 24.8 Å². The molecule has 0 amide bonds. The van der Waals surface area contributed by atoms with Crippen molar-refractivity contribution in [1.29, 1.82) is 0 Å². The number of carbonyl (C=O) groups is 1. The molecule has 4 saturated heterocycles. The second kappa shape index (κ2) is 10.1. The van der Waals surface area contributed by atoms with Crippen molar-refractivity contribution in [3.05, 3.63) is 24.3 Å². The van der Waals surface area contributed by atoms with Crippen LogP contribution in [0.3, 0.4) is 0 Å². The molecule has 200 valence electrons. The van der Waals surface area contributed by atoms with E-state index in [1.165, 1.54) is 0 Å². The molecular weight excluding hydrogens is 466 g/mol. The van der Waals surface area contributed by atoms with Gasteiger partial charge in [-0.1, -0.05) is 13.8 Å². The maximum absolute atomic E-state index is 11.8. The molecule has 4 aliphatic heterocycles. The van der Waals surface area contributed by atoms with E-state index in [0.29, 0.717) is 36.5 Å². The zero-order chi connectivity index (χ0) is 25.5. The van der Waals surface area contributed by atoms with Crippen LogP contribution in [0, 0.1) is 23.7 Å². The fourth-order valence-corrected chi connectivity index (χ4v) is 6.28. The van der Waals surface area contributed by atoms with Gasteiger partial charge >= 0.3 is 5.97 Å². The van der Waals surface area contributed by atoms with E-state index in [9.17, 15) is 4.79 Å². The number of fused-ring (bicyclic) bond motifs is 2. The van der Waals surface area contributed by atoms with Crippen molar-refractivity contribution in [3.8, 4) is 11.5 Å². The maximum Gasteiger partial charge on any atom is 0.344 e. The van der Waals surface area contributed by atoms with Gasteiger partial charge in [0.25, 0.3) is 0 Å². The van der Waals surface area contributed by atoms with E-state index in [0.717, 1.165) is 25.7 Å². The molecule has 1 spiro atoms. The SMILES string of the molecule is C[C@@H]1CCC2[C@@H](C)[C@@H](Oc3ccc(OCC(=O)OCCN(C)C)cc3)O[C@@H]3O[C@]4(C)CCC1[C@@]23OO4. The Morgan fingerprint density at radius 2 is 1.81 bits per heavy atom. The van der Waals surface area contributed by atoms with Crippen molar-refractivity contribution in [1.82, 2.24) is 4.90 Å². The normalized spacial score (nSPS) is 39.3. The summed E-state index contributed by atoms with van der Waals surface area (Å²) in [6, 6.07) is 7.19. The molecule has 5 aliphatic rings. The van der Waals surface area contributed by atoms with Crippen LogP contribution in [0.1, 0.15) is 46.5 Å². The second-order valence-corrected chi connectivity index (χ2v) is 11.2. The monoisotopic (exact) mass is 505 g/mol. The van der Waals surface area contributed by atoms with Gasteiger partial charge < -0.3 is 28.6 Å². The number of hydrogen-bond acceptors (Lipinski definition) is 9. The first-order chi connectivity index (χ1) is 17.2. The highest BCUT2D eigenvalue weighted by molar-refractivity contribution is 5.71. The van der Waals surface area contributed by atoms with Crippen molar-refractivity contribution < 1.29 is 38.3 Å². The molecule has 4 heterocycles. The highest BCUT2D eigenvalue weighted by Gasteiger charge is 2.69. The molecule has 2 unspecified atom stereocenters. The zero-order valence-electron chi connectivity index (χ0n) is 21.9. The van der Waals surface area contributed by atoms with Crippen LogP contribution in [0.5, 0.6) is 11.5 Å². The summed E-state index contributed by atoms with van der Waals surface area (Å²) in [4.78, 5) is 25.9. The zero-order valence-corrected chi connectivity index (χ0v) is 21.9. The number of ether oxygens (including phenoxy) is 5. The molecule has 1 aliphatic carbocycles. The smallest absolute Gasteiger partial charge is 0.344 e. The number of carbonyl (C=O) groups excluding carboxylic acids is 1. The van der Waals surface area contributed by atoms with E-state index in [4.69, 9.17) is 33.5 Å². The van der Waals surface area contributed by atoms with Crippen LogP contribution < -0.4 is 9.47 Å². The van der Waals surface area contributed by atoms with E-state index in [-0.39, 0.29) is 18.4 Å². The van der Waals surface area contributed by atoms with Crippen molar-refractivity contribution >= 4 is 5.97 Å². The number of hydrogen-bond donors (Lipinski definition) is 0. The molecule has 36 heavy (non-hydrogen) atoms. The number of nitrogens with zero attached hydrogens (tertiary/aromatic N) is 1. The molecular formula is C27H39NO8. The van der Waals surface area contributed by atoms with E-state index in [1.807, 2.05) is 38.1 Å². The summed E-state index contributed by atoms with van der Waals surface area (Å²) in [7, 11) is 3.85. The van der Waals surface area contributed by atoms with Gasteiger partial charge in [-0.05, 0) is 76.4 Å². The van der Waals surface area contributed by atoms with Gasteiger partial charge in [-0.2, -0.15) is 0 Å². The summed E-state index contributed by atoms with van der Waals surface area (Å²) in [6.45, 7) is 7.26. The van der Waals surface area contributed by atoms with Crippen LogP contribution in [0.4, 0.5) is 0 Å². The Morgan fingerprint density at radius 3 is 2.56 bits per heavy atom. The van der Waals surface area contributed by atoms with Gasteiger partial charge in [0.1, 0.15) is 18.1 Å². The molecule has 0 N–H and O–H groups in total. The van der Waals surface area contributed by atoms with Crippen LogP contribution in [-0.2, 0) is 28.8 Å². The molecule has 0 radical (unpaired) electrons. The van der Waals surface area contributed by atoms with Crippen molar-refractivity contribution in [2.75, 3.05) is 33.9 Å². The lowest BCUT2D eigenvalue weighted by molar-refractivity contribution is -0.575. The molecule has 9 heteroatoms. The van der Waals surface area contributed by atoms with Crippen molar-refractivity contribution in [2.24, 2.45) is 23.7 Å². The van der Waals surface area contributed by atoms with Gasteiger partial charge in [0.05, 0.1) is 0 Å². The summed E-state index contributed by atoms with van der Waals surface area (Å²) < 4.78 is 29.9. The van der Waals surface area contributed by atoms with E-state index < -0.39 is 29.9 Å². The fraction of sp³-hybridized carbons (Fsp3) is 0.741. The average molecular weight is 506 g/mol. The van der Waals surface area contributed by atoms with E-state index in [2.05, 4.69) is 13.8 Å². The summed E-state index contributed by atoms with van der Waals surface area (Å²) >= 11 is 0. The van der Waals surface area contributed by atoms with Crippen molar-refractivity contribution in [2.45, 2.75) is 70.4 Å². The van der Waals surface area contributed by atoms with Crippen LogP contribution in [0.2, 0.25) is 0 Å². The number of benzene rings is 1. The first-order valence-electron chi connectivity index (χ1n) is 13.1. The van der Waals surface area contributed by atoms with Crippen LogP contribution in [0.25, 0.3) is 0 Å². The average Bonchev–Trinajstić information content (AvgIpc) is 3.07. The van der Waals surface area contributed by atoms with Gasteiger partial charge in [-0.25, -0.2) is 14.6 Å². The molecule has 1 aromatic carbocycles. The lowest BCUT2D eigenvalue weighted by atomic mass is 9.58. The number of rotatable bonds is 8. The van der Waals surface area contributed by atoms with Gasteiger partial charge in [-0.15, -0.1) is 0 Å². The maximum atomic E-state index is 11.8. The molecule has 9 nitrogen and oxygen atoms in total. The van der Waals surface area contributed by atoms with E-state index in [1.54, 1.807) is 12.1 Å². The largest absolute Gasteiger partial charge is 0.482 e. The lowest BCUT2D eigenvalue weighted by Gasteiger charge is -2.60. The summed E-state index contributed by atoms with van der Waals surface area (Å²) in [5, 5.41) is 0. The van der Waals surface area contributed by atoms with Gasteiger partial charge in [-0.3, -0.25) is 0 Å². The topological polar surface area (TPSA) is 84.9 Å². The predicted octanol–water partition coefficient (Wildman–Crippen LogP) is 3.76. The minimum atomic E-state index is -0.810. The fourth-order valence-electron chi connectivity index (χ4n) is 6.28.